The second-order valence-corrected chi connectivity index (χ2v) is 5.92. The summed E-state index contributed by atoms with van der Waals surface area (Å²) in [7, 11) is 0. The summed E-state index contributed by atoms with van der Waals surface area (Å²) in [5.74, 6) is -0.119. The lowest BCUT2D eigenvalue weighted by molar-refractivity contribution is -0.115. The van der Waals surface area contributed by atoms with Crippen molar-refractivity contribution in [2.24, 2.45) is 0 Å². The van der Waals surface area contributed by atoms with Gasteiger partial charge in [0.25, 0.3) is 0 Å². The number of hydrogen-bond acceptors (Lipinski definition) is 2. The van der Waals surface area contributed by atoms with Gasteiger partial charge in [-0.15, -0.1) is 11.8 Å². The zero-order chi connectivity index (χ0) is 14.5. The first-order valence-corrected chi connectivity index (χ1v) is 7.94. The van der Waals surface area contributed by atoms with E-state index in [4.69, 9.17) is 23.2 Å². The van der Waals surface area contributed by atoms with Gasteiger partial charge in [0.2, 0.25) is 5.91 Å². The Morgan fingerprint density at radius 2 is 1.85 bits per heavy atom. The van der Waals surface area contributed by atoms with Crippen molar-refractivity contribution < 1.29 is 4.79 Å². The molecule has 1 amide bonds. The molecule has 0 bridgehead atoms. The summed E-state index contributed by atoms with van der Waals surface area (Å²) in [6, 6.07) is 12.9. The van der Waals surface area contributed by atoms with E-state index in [9.17, 15) is 4.79 Å². The molecule has 0 aliphatic heterocycles. The van der Waals surface area contributed by atoms with Gasteiger partial charge in [-0.25, -0.2) is 0 Å². The molecule has 0 saturated carbocycles. The first-order valence-electron chi connectivity index (χ1n) is 5.96. The van der Waals surface area contributed by atoms with Gasteiger partial charge in [-0.05, 0) is 42.2 Å². The van der Waals surface area contributed by atoms with E-state index in [1.165, 1.54) is 4.90 Å². The molecule has 0 spiro atoms. The normalized spacial score (nSPS) is 10.3. The van der Waals surface area contributed by atoms with Crippen molar-refractivity contribution in [3.63, 3.8) is 0 Å². The first kappa shape index (κ1) is 15.2. The smallest absolute Gasteiger partial charge is 0.228 e. The Hall–Kier alpha value is -1.16. The standard InChI is InChI=1S/C15H13Cl2NOS/c1-20-12-5-2-10(3-6-12)8-15(19)18-14-9-11(16)4-7-13(14)17/h2-7,9H,8H2,1H3,(H,18,19). The van der Waals surface area contributed by atoms with Crippen molar-refractivity contribution in [3.8, 4) is 0 Å². The largest absolute Gasteiger partial charge is 0.324 e. The van der Waals surface area contributed by atoms with Crippen LogP contribution in [0.4, 0.5) is 5.69 Å². The molecular weight excluding hydrogens is 313 g/mol. The number of rotatable bonds is 4. The zero-order valence-corrected chi connectivity index (χ0v) is 13.1. The van der Waals surface area contributed by atoms with Crippen LogP contribution in [0.5, 0.6) is 0 Å². The van der Waals surface area contributed by atoms with Gasteiger partial charge in [-0.3, -0.25) is 4.79 Å². The van der Waals surface area contributed by atoms with E-state index in [2.05, 4.69) is 5.32 Å². The minimum absolute atomic E-state index is 0.119. The Morgan fingerprint density at radius 3 is 2.50 bits per heavy atom. The van der Waals surface area contributed by atoms with E-state index in [1.54, 1.807) is 30.0 Å². The van der Waals surface area contributed by atoms with Crippen molar-refractivity contribution in [2.45, 2.75) is 11.3 Å². The quantitative estimate of drug-likeness (QED) is 0.810. The average molecular weight is 326 g/mol. The van der Waals surface area contributed by atoms with E-state index in [1.807, 2.05) is 30.5 Å². The van der Waals surface area contributed by atoms with Crippen LogP contribution < -0.4 is 5.32 Å². The number of carbonyl (C=O) groups excluding carboxylic acids is 1. The highest BCUT2D eigenvalue weighted by atomic mass is 35.5. The van der Waals surface area contributed by atoms with E-state index in [-0.39, 0.29) is 5.91 Å². The highest BCUT2D eigenvalue weighted by Gasteiger charge is 2.07. The van der Waals surface area contributed by atoms with E-state index in [0.29, 0.717) is 22.2 Å². The van der Waals surface area contributed by atoms with Gasteiger partial charge in [0.05, 0.1) is 17.1 Å². The molecule has 1 N–H and O–H groups in total. The maximum absolute atomic E-state index is 12.0. The summed E-state index contributed by atoms with van der Waals surface area (Å²) in [5, 5.41) is 3.78. The molecule has 0 saturated heterocycles. The van der Waals surface area contributed by atoms with Crippen LogP contribution in [-0.4, -0.2) is 12.2 Å². The van der Waals surface area contributed by atoms with E-state index < -0.39 is 0 Å². The third-order valence-corrected chi connectivity index (χ3v) is 4.03. The van der Waals surface area contributed by atoms with Gasteiger partial charge in [-0.2, -0.15) is 0 Å². The van der Waals surface area contributed by atoms with Crippen LogP contribution in [0.3, 0.4) is 0 Å². The summed E-state index contributed by atoms with van der Waals surface area (Å²) in [4.78, 5) is 13.2. The Kier molecular flexibility index (Phi) is 5.35. The third kappa shape index (κ3) is 4.17. The van der Waals surface area contributed by atoms with Crippen LogP contribution in [-0.2, 0) is 11.2 Å². The van der Waals surface area contributed by atoms with Crippen molar-refractivity contribution in [2.75, 3.05) is 11.6 Å². The van der Waals surface area contributed by atoms with Gasteiger partial charge in [-0.1, -0.05) is 35.3 Å². The highest BCUT2D eigenvalue weighted by molar-refractivity contribution is 7.98. The Balaban J connectivity index is 2.03. The average Bonchev–Trinajstić information content (AvgIpc) is 2.43. The molecule has 5 heteroatoms. The number of thioether (sulfide) groups is 1. The maximum atomic E-state index is 12.0. The molecule has 0 atom stereocenters. The lowest BCUT2D eigenvalue weighted by atomic mass is 10.1. The Labute approximate surface area is 132 Å². The molecule has 0 unspecified atom stereocenters. The fourth-order valence-electron chi connectivity index (χ4n) is 1.72. The predicted octanol–water partition coefficient (Wildman–Crippen LogP) is 4.90. The Bertz CT molecular complexity index is 614. The maximum Gasteiger partial charge on any atom is 0.228 e. The predicted molar refractivity (Wildman–Crippen MR) is 87.0 cm³/mol. The van der Waals surface area contributed by atoms with Crippen LogP contribution in [0.2, 0.25) is 10.0 Å². The van der Waals surface area contributed by atoms with Gasteiger partial charge < -0.3 is 5.32 Å². The van der Waals surface area contributed by atoms with Crippen LogP contribution in [0.1, 0.15) is 5.56 Å². The molecule has 0 fully saturated rings. The van der Waals surface area contributed by atoms with Crippen molar-refractivity contribution in [3.05, 3.63) is 58.1 Å². The minimum Gasteiger partial charge on any atom is -0.324 e. The van der Waals surface area contributed by atoms with Gasteiger partial charge >= 0.3 is 0 Å². The molecular formula is C15H13Cl2NOS. The van der Waals surface area contributed by atoms with Gasteiger partial charge in [0.1, 0.15) is 0 Å². The second-order valence-electron chi connectivity index (χ2n) is 4.20. The van der Waals surface area contributed by atoms with Crippen molar-refractivity contribution in [1.29, 1.82) is 0 Å². The van der Waals surface area contributed by atoms with Crippen molar-refractivity contribution >= 4 is 46.6 Å². The summed E-state index contributed by atoms with van der Waals surface area (Å²) in [6.45, 7) is 0. The fourth-order valence-corrected chi connectivity index (χ4v) is 2.46. The van der Waals surface area contributed by atoms with Crippen LogP contribution in [0.25, 0.3) is 0 Å². The van der Waals surface area contributed by atoms with Gasteiger partial charge in [0, 0.05) is 9.92 Å². The minimum atomic E-state index is -0.119. The molecule has 2 rings (SSSR count). The molecule has 2 aromatic carbocycles. The second kappa shape index (κ2) is 7.02. The SMILES string of the molecule is CSc1ccc(CC(=O)Nc2cc(Cl)ccc2Cl)cc1. The summed E-state index contributed by atoms with van der Waals surface area (Å²) < 4.78 is 0. The molecule has 0 heterocycles. The van der Waals surface area contributed by atoms with Gasteiger partial charge in [0.15, 0.2) is 0 Å². The number of hydrogen-bond donors (Lipinski definition) is 1. The number of amides is 1. The number of halogens is 2. The molecule has 0 aliphatic rings. The molecule has 0 aliphatic carbocycles. The third-order valence-electron chi connectivity index (χ3n) is 2.73. The lowest BCUT2D eigenvalue weighted by Gasteiger charge is -2.08. The first-order chi connectivity index (χ1) is 9.58. The van der Waals surface area contributed by atoms with Crippen molar-refractivity contribution in [1.82, 2.24) is 0 Å². The number of benzene rings is 2. The molecule has 20 heavy (non-hydrogen) atoms. The number of nitrogens with one attached hydrogen (secondary N) is 1. The molecule has 2 aromatic rings. The topological polar surface area (TPSA) is 29.1 Å². The summed E-state index contributed by atoms with van der Waals surface area (Å²) in [6.07, 6.45) is 2.32. The number of anilines is 1. The lowest BCUT2D eigenvalue weighted by Crippen LogP contribution is -2.14. The Morgan fingerprint density at radius 1 is 1.15 bits per heavy atom. The van der Waals surface area contributed by atoms with Crippen LogP contribution >= 0.6 is 35.0 Å². The monoisotopic (exact) mass is 325 g/mol. The van der Waals surface area contributed by atoms with E-state index >= 15 is 0 Å². The molecule has 2 nitrogen and oxygen atoms in total. The molecule has 0 radical (unpaired) electrons. The number of carbonyl (C=O) groups is 1. The van der Waals surface area contributed by atoms with Crippen LogP contribution in [0.15, 0.2) is 47.4 Å². The highest BCUT2D eigenvalue weighted by Crippen LogP contribution is 2.25. The van der Waals surface area contributed by atoms with Crippen LogP contribution in [0, 0.1) is 0 Å². The van der Waals surface area contributed by atoms with E-state index in [0.717, 1.165) is 5.56 Å². The summed E-state index contributed by atoms with van der Waals surface area (Å²) >= 11 is 13.6. The molecule has 104 valence electrons. The fraction of sp³-hybridized carbons (Fsp3) is 0.133. The summed E-state index contributed by atoms with van der Waals surface area (Å²) in [5.41, 5.74) is 1.49. The zero-order valence-electron chi connectivity index (χ0n) is 10.8. The molecule has 0 aromatic heterocycles.